The maximum absolute atomic E-state index is 14.1. The van der Waals surface area contributed by atoms with E-state index in [0.29, 0.717) is 40.3 Å². The normalized spacial score (nSPS) is 19.6. The largest absolute Gasteiger partial charge is 0.394 e. The molecule has 3 atom stereocenters. The van der Waals surface area contributed by atoms with E-state index in [2.05, 4.69) is 5.10 Å². The number of carbonyl (C=O) groups excluding carboxylic acids is 2. The Morgan fingerprint density at radius 3 is 2.58 bits per heavy atom. The molecule has 0 aliphatic carbocycles. The minimum atomic E-state index is -1.93. The summed E-state index contributed by atoms with van der Waals surface area (Å²) >= 11 is 6.38. The second-order valence-electron chi connectivity index (χ2n) is 12.5. The van der Waals surface area contributed by atoms with Crippen LogP contribution in [0.4, 0.5) is 5.69 Å². The molecule has 3 N–H and O–H groups in total. The van der Waals surface area contributed by atoms with E-state index in [1.165, 1.54) is 9.58 Å². The van der Waals surface area contributed by atoms with Crippen LogP contribution in [-0.4, -0.2) is 49.4 Å². The Balaban J connectivity index is 1.12. The molecule has 244 valence electrons. The number of rotatable bonds is 8. The lowest BCUT2D eigenvalue weighted by molar-refractivity contribution is -0.139. The van der Waals surface area contributed by atoms with Gasteiger partial charge in [0.05, 0.1) is 41.5 Å². The van der Waals surface area contributed by atoms with Gasteiger partial charge in [0.25, 0.3) is 11.5 Å². The summed E-state index contributed by atoms with van der Waals surface area (Å²) in [6.45, 7) is 2.17. The molecule has 0 saturated carbocycles. The molecule has 0 saturated heterocycles. The Morgan fingerprint density at radius 1 is 1.02 bits per heavy atom. The number of aliphatic hydroxyl groups is 2. The summed E-state index contributed by atoms with van der Waals surface area (Å²) in [5.74, 6) is -1.35. The van der Waals surface area contributed by atoms with Crippen LogP contribution in [0.1, 0.15) is 35.6 Å². The number of H-pyrrole nitrogens is 1. The number of halogens is 1. The van der Waals surface area contributed by atoms with Gasteiger partial charge >= 0.3 is 0 Å². The number of fused-ring (bicyclic) bond motifs is 3. The number of benzene rings is 4. The van der Waals surface area contributed by atoms with Crippen LogP contribution in [0, 0.1) is 5.92 Å². The molecule has 2 amide bonds. The zero-order chi connectivity index (χ0) is 33.6. The van der Waals surface area contributed by atoms with Crippen molar-refractivity contribution in [3.05, 3.63) is 141 Å². The van der Waals surface area contributed by atoms with Gasteiger partial charge in [-0.3, -0.25) is 19.5 Å². The lowest BCUT2D eigenvalue weighted by atomic mass is 9.83. The Morgan fingerprint density at radius 2 is 1.79 bits per heavy atom. The molecule has 0 bridgehead atoms. The predicted octanol–water partition coefficient (Wildman–Crippen LogP) is 5.23. The minimum absolute atomic E-state index is 0.0549. The lowest BCUT2D eigenvalue weighted by Crippen LogP contribution is -2.46. The van der Waals surface area contributed by atoms with Crippen molar-refractivity contribution in [1.82, 2.24) is 14.7 Å². The third kappa shape index (κ3) is 5.43. The number of nitrogens with zero attached hydrogens (tertiary/aromatic N) is 3. The Hall–Kier alpha value is -4.96. The predicted molar refractivity (Wildman–Crippen MR) is 185 cm³/mol. The standard InChI is InChI=1S/C38H35ClN4O5/c1-24(8-6-15-35(45)41-22-27-11-3-2-10-26(27)19-30(41)23-44)38(48)32-20-28(39)16-17-34(32)42(37(38)47)21-25-9-7-12-29(18-25)43-36(46)31-13-4-5-14-33(31)40-43/h2-14,16-18,20,24,30,40,44,48H,15,19,21-23H2,1H3/b8-6+/t24-,30+,38+/m1/s1. The van der Waals surface area contributed by atoms with Crippen LogP contribution < -0.4 is 10.5 Å². The molecule has 48 heavy (non-hydrogen) atoms. The molecular formula is C38H35ClN4O5. The summed E-state index contributed by atoms with van der Waals surface area (Å²) in [5, 5.41) is 26.2. The van der Waals surface area contributed by atoms with Crippen molar-refractivity contribution < 1.29 is 19.8 Å². The topological polar surface area (TPSA) is 119 Å². The van der Waals surface area contributed by atoms with E-state index in [-0.39, 0.29) is 37.1 Å². The monoisotopic (exact) mass is 662 g/mol. The van der Waals surface area contributed by atoms with Crippen molar-refractivity contribution in [2.24, 2.45) is 5.92 Å². The summed E-state index contributed by atoms with van der Waals surface area (Å²) in [4.78, 5) is 43.8. The molecular weight excluding hydrogens is 628 g/mol. The van der Waals surface area contributed by atoms with Crippen LogP contribution in [0.15, 0.2) is 108 Å². The van der Waals surface area contributed by atoms with Crippen LogP contribution in [0.25, 0.3) is 16.6 Å². The highest BCUT2D eigenvalue weighted by atomic mass is 35.5. The third-order valence-electron chi connectivity index (χ3n) is 9.60. The number of aromatic nitrogens is 2. The van der Waals surface area contributed by atoms with Gasteiger partial charge in [-0.05, 0) is 65.6 Å². The van der Waals surface area contributed by atoms with Gasteiger partial charge in [0.15, 0.2) is 5.60 Å². The van der Waals surface area contributed by atoms with Crippen molar-refractivity contribution in [2.45, 2.75) is 44.5 Å². The highest BCUT2D eigenvalue weighted by Crippen LogP contribution is 2.46. The SMILES string of the molecule is C[C@H](/C=C/CC(=O)N1Cc2ccccc2C[C@H]1CO)[C@@]1(O)C(=O)N(Cc2cccc(-n3[nH]c4ccccc4c3=O)c2)c2ccc(Cl)cc21. The summed E-state index contributed by atoms with van der Waals surface area (Å²) in [5.41, 5.74) is 3.11. The van der Waals surface area contributed by atoms with Crippen molar-refractivity contribution >= 4 is 40.0 Å². The summed E-state index contributed by atoms with van der Waals surface area (Å²) in [6, 6.07) is 27.3. The van der Waals surface area contributed by atoms with Gasteiger partial charge in [0, 0.05) is 29.5 Å². The van der Waals surface area contributed by atoms with Gasteiger partial charge in [-0.2, -0.15) is 0 Å². The highest BCUT2D eigenvalue weighted by Gasteiger charge is 2.52. The van der Waals surface area contributed by atoms with Crippen LogP contribution in [-0.2, 0) is 34.7 Å². The van der Waals surface area contributed by atoms with E-state index >= 15 is 0 Å². The number of aliphatic hydroxyl groups excluding tert-OH is 1. The fourth-order valence-electron chi connectivity index (χ4n) is 6.97. The molecule has 1 aromatic heterocycles. The average molecular weight is 663 g/mol. The zero-order valence-corrected chi connectivity index (χ0v) is 27.1. The number of amides is 2. The van der Waals surface area contributed by atoms with Crippen molar-refractivity contribution in [3.8, 4) is 5.69 Å². The molecule has 10 heteroatoms. The van der Waals surface area contributed by atoms with E-state index in [9.17, 15) is 24.6 Å². The third-order valence-corrected chi connectivity index (χ3v) is 9.83. The molecule has 3 heterocycles. The molecule has 7 rings (SSSR count). The first-order valence-electron chi connectivity index (χ1n) is 16.0. The first kappa shape index (κ1) is 31.6. The van der Waals surface area contributed by atoms with Gasteiger partial charge in [-0.15, -0.1) is 0 Å². The van der Waals surface area contributed by atoms with E-state index in [1.807, 2.05) is 66.7 Å². The van der Waals surface area contributed by atoms with E-state index in [4.69, 9.17) is 11.6 Å². The summed E-state index contributed by atoms with van der Waals surface area (Å²) < 4.78 is 1.48. The maximum atomic E-state index is 14.1. The first-order chi connectivity index (χ1) is 23.2. The molecule has 0 unspecified atom stereocenters. The summed E-state index contributed by atoms with van der Waals surface area (Å²) in [7, 11) is 0. The van der Waals surface area contributed by atoms with E-state index in [1.54, 1.807) is 48.2 Å². The average Bonchev–Trinajstić information content (AvgIpc) is 3.55. The highest BCUT2D eigenvalue weighted by molar-refractivity contribution is 6.31. The lowest BCUT2D eigenvalue weighted by Gasteiger charge is -2.36. The summed E-state index contributed by atoms with van der Waals surface area (Å²) in [6.07, 6.45) is 4.02. The van der Waals surface area contributed by atoms with E-state index in [0.717, 1.165) is 22.2 Å². The van der Waals surface area contributed by atoms with Gasteiger partial charge in [-0.25, -0.2) is 4.68 Å². The van der Waals surface area contributed by atoms with Crippen LogP contribution >= 0.6 is 11.6 Å². The number of para-hydroxylation sites is 1. The molecule has 0 spiro atoms. The second kappa shape index (κ2) is 12.6. The molecule has 9 nitrogen and oxygen atoms in total. The van der Waals surface area contributed by atoms with Gasteiger partial charge in [0.1, 0.15) is 0 Å². The maximum Gasteiger partial charge on any atom is 0.279 e. The molecule has 5 aromatic rings. The number of aromatic amines is 1. The second-order valence-corrected chi connectivity index (χ2v) is 13.0. The Bertz CT molecular complexity index is 2140. The molecule has 2 aliphatic rings. The van der Waals surface area contributed by atoms with Gasteiger partial charge in [-0.1, -0.05) is 79.2 Å². The Kier molecular flexibility index (Phi) is 8.29. The first-order valence-corrected chi connectivity index (χ1v) is 16.3. The van der Waals surface area contributed by atoms with Crippen molar-refractivity contribution in [3.63, 3.8) is 0 Å². The minimum Gasteiger partial charge on any atom is -0.394 e. The van der Waals surface area contributed by atoms with Crippen molar-refractivity contribution in [2.75, 3.05) is 11.5 Å². The zero-order valence-electron chi connectivity index (χ0n) is 26.3. The molecule has 4 aromatic carbocycles. The number of hydrogen-bond acceptors (Lipinski definition) is 5. The van der Waals surface area contributed by atoms with Gasteiger partial charge < -0.3 is 20.0 Å². The molecule has 0 radical (unpaired) electrons. The molecule has 2 aliphatic heterocycles. The quantitative estimate of drug-likeness (QED) is 0.197. The number of anilines is 1. The number of nitrogens with one attached hydrogen (secondary N) is 1. The van der Waals surface area contributed by atoms with Crippen LogP contribution in [0.3, 0.4) is 0 Å². The van der Waals surface area contributed by atoms with Crippen LogP contribution in [0.2, 0.25) is 5.02 Å². The van der Waals surface area contributed by atoms with E-state index < -0.39 is 17.4 Å². The number of carbonyl (C=O) groups is 2. The van der Waals surface area contributed by atoms with Crippen LogP contribution in [0.5, 0.6) is 0 Å². The fraction of sp³-hybridized carbons (Fsp3) is 0.237. The van der Waals surface area contributed by atoms with Crippen molar-refractivity contribution in [1.29, 1.82) is 0 Å². The number of hydrogen-bond donors (Lipinski definition) is 3. The fourth-order valence-corrected chi connectivity index (χ4v) is 7.14. The Labute approximate surface area is 282 Å². The molecule has 0 fully saturated rings. The van der Waals surface area contributed by atoms with Gasteiger partial charge in [0.2, 0.25) is 5.91 Å². The smallest absolute Gasteiger partial charge is 0.279 e.